The third kappa shape index (κ3) is 5.69. The second-order valence-corrected chi connectivity index (χ2v) is 8.74. The van der Waals surface area contributed by atoms with Gasteiger partial charge in [0.15, 0.2) is 5.43 Å². The topological polar surface area (TPSA) is 77.6 Å². The second kappa shape index (κ2) is 10.2. The van der Waals surface area contributed by atoms with E-state index < -0.39 is 7.82 Å². The number of benzene rings is 2. The Morgan fingerprint density at radius 1 is 0.967 bits per heavy atom. The predicted molar refractivity (Wildman–Crippen MR) is 116 cm³/mol. The first-order valence-corrected chi connectivity index (χ1v) is 11.7. The number of nitrogens with one attached hydrogen (secondary N) is 1. The molecule has 30 heavy (non-hydrogen) atoms. The Labute approximate surface area is 175 Å². The minimum atomic E-state index is -3.86. The summed E-state index contributed by atoms with van der Waals surface area (Å²) in [5, 5.41) is 0.584. The van der Waals surface area contributed by atoms with Gasteiger partial charge in [-0.2, -0.15) is 0 Å². The van der Waals surface area contributed by atoms with Crippen molar-refractivity contribution in [3.63, 3.8) is 0 Å². The Hall–Kier alpha value is -2.21. The molecule has 0 fully saturated rings. The molecule has 162 valence electrons. The maximum Gasteiger partial charge on any atom is 0.530 e. The van der Waals surface area contributed by atoms with Gasteiger partial charge in [-0.3, -0.25) is 13.8 Å². The molecule has 0 bridgehead atoms. The van der Waals surface area contributed by atoms with Crippen LogP contribution in [0.2, 0.25) is 0 Å². The number of fused-ring (bicyclic) bond motifs is 2. The van der Waals surface area contributed by atoms with Gasteiger partial charge in [0.25, 0.3) is 0 Å². The molecule has 1 N–H and O–H groups in total. The summed E-state index contributed by atoms with van der Waals surface area (Å²) in [6, 6.07) is 8.72. The number of rotatable bonds is 11. The van der Waals surface area contributed by atoms with Crippen LogP contribution in [0.5, 0.6) is 5.75 Å². The summed E-state index contributed by atoms with van der Waals surface area (Å²) in [6.07, 6.45) is 4.52. The summed E-state index contributed by atoms with van der Waals surface area (Å²) >= 11 is 0. The Bertz CT molecular complexity index is 1070. The molecule has 1 aliphatic heterocycles. The number of aromatic nitrogens is 1. The molecular formula is C22H27FNO5P. The van der Waals surface area contributed by atoms with Crippen molar-refractivity contribution in [3.05, 3.63) is 52.4 Å². The number of pyridine rings is 1. The summed E-state index contributed by atoms with van der Waals surface area (Å²) in [6.45, 7) is 4.46. The second-order valence-electron chi connectivity index (χ2n) is 7.15. The van der Waals surface area contributed by atoms with Crippen molar-refractivity contribution in [2.75, 3.05) is 13.2 Å². The molecule has 1 aromatic rings. The van der Waals surface area contributed by atoms with Crippen LogP contribution < -0.4 is 9.95 Å². The first kappa shape index (κ1) is 22.5. The van der Waals surface area contributed by atoms with Gasteiger partial charge < -0.3 is 9.51 Å². The summed E-state index contributed by atoms with van der Waals surface area (Å²) < 4.78 is 43.0. The van der Waals surface area contributed by atoms with E-state index in [1.807, 2.05) is 6.92 Å². The van der Waals surface area contributed by atoms with Gasteiger partial charge in [-0.1, -0.05) is 33.1 Å². The van der Waals surface area contributed by atoms with E-state index in [4.69, 9.17) is 13.6 Å². The molecule has 0 aromatic heterocycles. The van der Waals surface area contributed by atoms with Crippen molar-refractivity contribution < 1.29 is 22.5 Å². The molecule has 1 atom stereocenters. The maximum absolute atomic E-state index is 13.5. The van der Waals surface area contributed by atoms with Crippen molar-refractivity contribution in [1.82, 2.24) is 4.98 Å². The molecule has 1 unspecified atom stereocenters. The molecule has 6 nitrogen and oxygen atoms in total. The van der Waals surface area contributed by atoms with E-state index in [-0.39, 0.29) is 30.2 Å². The standard InChI is InChI=1S/C22H27FNO5P/c1-3-5-6-7-11-28-30(26,27-10-4-2)29-18-14-21-19(22(25)15-18)13-16-12-17(23)8-9-20(16)24-21/h8-9,12-15,24H,3-7,10-11H2,1-2H3. The number of phosphoric ester groups is 1. The molecule has 0 saturated carbocycles. The van der Waals surface area contributed by atoms with E-state index in [9.17, 15) is 13.8 Å². The lowest BCUT2D eigenvalue weighted by Gasteiger charge is -2.19. The van der Waals surface area contributed by atoms with Gasteiger partial charge in [-0.15, -0.1) is 0 Å². The van der Waals surface area contributed by atoms with Crippen LogP contribution in [0.25, 0.3) is 22.2 Å². The Morgan fingerprint density at radius 2 is 1.77 bits per heavy atom. The van der Waals surface area contributed by atoms with Crippen molar-refractivity contribution in [2.45, 2.75) is 46.0 Å². The van der Waals surface area contributed by atoms with Crippen LogP contribution in [0.15, 0.2) is 41.2 Å². The van der Waals surface area contributed by atoms with Crippen LogP contribution in [0.3, 0.4) is 0 Å². The third-order valence-corrected chi connectivity index (χ3v) is 6.05. The molecule has 8 heteroatoms. The summed E-state index contributed by atoms with van der Waals surface area (Å²) in [4.78, 5) is 15.7. The van der Waals surface area contributed by atoms with E-state index in [0.29, 0.717) is 28.6 Å². The van der Waals surface area contributed by atoms with Gasteiger partial charge in [0.05, 0.1) is 18.9 Å². The smallest absolute Gasteiger partial charge is 0.404 e. The maximum atomic E-state index is 13.5. The predicted octanol–water partition coefficient (Wildman–Crippen LogP) is 6.28. The molecular weight excluding hydrogens is 408 g/mol. The van der Waals surface area contributed by atoms with Gasteiger partial charge in [-0.25, -0.2) is 8.96 Å². The monoisotopic (exact) mass is 435 g/mol. The lowest BCUT2D eigenvalue weighted by Crippen LogP contribution is -2.09. The molecule has 0 saturated heterocycles. The van der Waals surface area contributed by atoms with Crippen LogP contribution in [0, 0.1) is 5.82 Å². The number of halogens is 1. The average molecular weight is 435 g/mol. The molecule has 2 aliphatic rings. The quantitative estimate of drug-likeness (QED) is 0.218. The molecule has 1 aliphatic carbocycles. The van der Waals surface area contributed by atoms with E-state index in [0.717, 1.165) is 25.7 Å². The highest BCUT2D eigenvalue weighted by Crippen LogP contribution is 2.50. The molecule has 0 amide bonds. The van der Waals surface area contributed by atoms with E-state index in [2.05, 4.69) is 11.9 Å². The number of phosphoric acid groups is 1. The van der Waals surface area contributed by atoms with Gasteiger partial charge >= 0.3 is 7.82 Å². The highest BCUT2D eigenvalue weighted by Gasteiger charge is 2.29. The fourth-order valence-electron chi connectivity index (χ4n) is 3.10. The zero-order chi connectivity index (χ0) is 21.6. The van der Waals surface area contributed by atoms with Gasteiger partial charge in [-0.05, 0) is 37.1 Å². The number of hydrogen-bond donors (Lipinski definition) is 1. The number of H-pyrrole nitrogens is 1. The zero-order valence-corrected chi connectivity index (χ0v) is 18.2. The van der Waals surface area contributed by atoms with Crippen molar-refractivity contribution in [2.24, 2.45) is 0 Å². The van der Waals surface area contributed by atoms with Crippen LogP contribution >= 0.6 is 7.82 Å². The fraction of sp³-hybridized carbons (Fsp3) is 0.409. The van der Waals surface area contributed by atoms with Crippen molar-refractivity contribution >= 4 is 18.7 Å². The normalized spacial score (nSPS) is 13.6. The highest BCUT2D eigenvalue weighted by atomic mass is 31.2. The highest BCUT2D eigenvalue weighted by molar-refractivity contribution is 7.48. The van der Waals surface area contributed by atoms with Crippen LogP contribution in [-0.4, -0.2) is 18.2 Å². The first-order valence-electron chi connectivity index (χ1n) is 10.3. The summed E-state index contributed by atoms with van der Waals surface area (Å²) in [5.74, 6) is -0.286. The first-order chi connectivity index (χ1) is 14.4. The summed E-state index contributed by atoms with van der Waals surface area (Å²) in [5.41, 5.74) is 1.19. The molecule has 3 rings (SSSR count). The third-order valence-electron chi connectivity index (χ3n) is 4.62. The zero-order valence-electron chi connectivity index (χ0n) is 17.3. The number of unbranched alkanes of at least 4 members (excludes halogenated alkanes) is 3. The van der Waals surface area contributed by atoms with Crippen LogP contribution in [0.1, 0.15) is 46.0 Å². The fourth-order valence-corrected chi connectivity index (χ4v) is 4.40. The van der Waals surface area contributed by atoms with Gasteiger partial charge in [0, 0.05) is 28.6 Å². The molecule has 1 heterocycles. The van der Waals surface area contributed by atoms with Gasteiger partial charge in [0.2, 0.25) is 0 Å². The Kier molecular flexibility index (Phi) is 7.64. The van der Waals surface area contributed by atoms with Crippen molar-refractivity contribution in [3.8, 4) is 17.0 Å². The SMILES string of the molecule is CCCCCCOP(=O)(OCCC)Oc1cc2[nH]c3ccc(F)cc3cc-2c(=O)c1. The largest absolute Gasteiger partial charge is 0.530 e. The number of aromatic amines is 1. The molecule has 0 radical (unpaired) electrons. The van der Waals surface area contributed by atoms with E-state index in [1.54, 1.807) is 18.2 Å². The minimum absolute atomic E-state index is 0.0956. The summed E-state index contributed by atoms with van der Waals surface area (Å²) in [7, 11) is -3.86. The van der Waals surface area contributed by atoms with Gasteiger partial charge in [0.1, 0.15) is 11.6 Å². The van der Waals surface area contributed by atoms with E-state index >= 15 is 0 Å². The van der Waals surface area contributed by atoms with Crippen LogP contribution in [0.4, 0.5) is 4.39 Å². The van der Waals surface area contributed by atoms with Crippen molar-refractivity contribution in [1.29, 1.82) is 0 Å². The van der Waals surface area contributed by atoms with Crippen LogP contribution in [-0.2, 0) is 13.6 Å². The molecule has 0 spiro atoms. The van der Waals surface area contributed by atoms with E-state index in [1.165, 1.54) is 18.2 Å². The Balaban J connectivity index is 1.86. The lowest BCUT2D eigenvalue weighted by molar-refractivity contribution is 0.153. The average Bonchev–Trinajstić information content (AvgIpc) is 2.71. The Morgan fingerprint density at radius 3 is 2.53 bits per heavy atom. The molecule has 1 aromatic carbocycles. The minimum Gasteiger partial charge on any atom is -0.404 e. The lowest BCUT2D eigenvalue weighted by atomic mass is 10.1. The number of hydrogen-bond acceptors (Lipinski definition) is 5.